The van der Waals surface area contributed by atoms with E-state index < -0.39 is 24.9 Å². The Morgan fingerprint density at radius 3 is 2.29 bits per heavy atom. The van der Waals surface area contributed by atoms with Crippen LogP contribution in [0.5, 0.6) is 5.75 Å². The van der Waals surface area contributed by atoms with Crippen LogP contribution in [0.4, 0.5) is 5.69 Å². The van der Waals surface area contributed by atoms with Crippen LogP contribution in [-0.4, -0.2) is 33.3 Å². The van der Waals surface area contributed by atoms with Gasteiger partial charge >= 0.3 is 0 Å². The molecule has 0 unspecified atom stereocenters. The molecule has 0 amide bonds. The van der Waals surface area contributed by atoms with Gasteiger partial charge in [-0.1, -0.05) is 12.1 Å². The standard InChI is InChI=1S/C9H13NO5S2/c1-7-4-3-5-8(11)9(7)10-17(14,15)6-16(2,12)13/h3-5,10-11H,6H2,1-2H3. The molecule has 0 radical (unpaired) electrons. The molecule has 0 atom stereocenters. The fraction of sp³-hybridized carbons (Fsp3) is 0.333. The Labute approximate surface area is 100 Å². The van der Waals surface area contributed by atoms with E-state index in [-0.39, 0.29) is 11.4 Å². The maximum absolute atomic E-state index is 11.5. The predicted molar refractivity (Wildman–Crippen MR) is 65.1 cm³/mol. The smallest absolute Gasteiger partial charge is 0.247 e. The summed E-state index contributed by atoms with van der Waals surface area (Å²) in [5.74, 6) is -0.248. The SMILES string of the molecule is Cc1cccc(O)c1NS(=O)(=O)CS(C)(=O)=O. The summed E-state index contributed by atoms with van der Waals surface area (Å²) in [6, 6.07) is 4.46. The van der Waals surface area contributed by atoms with E-state index in [0.717, 1.165) is 6.26 Å². The Bertz CT molecular complexity index is 599. The molecule has 1 aromatic carbocycles. The van der Waals surface area contributed by atoms with Crippen molar-refractivity contribution in [3.8, 4) is 5.75 Å². The minimum atomic E-state index is -4.04. The number of hydrogen-bond acceptors (Lipinski definition) is 5. The van der Waals surface area contributed by atoms with Crippen LogP contribution < -0.4 is 4.72 Å². The quantitative estimate of drug-likeness (QED) is 0.779. The molecule has 0 saturated heterocycles. The molecule has 17 heavy (non-hydrogen) atoms. The highest BCUT2D eigenvalue weighted by Gasteiger charge is 2.20. The minimum absolute atomic E-state index is 0.00356. The van der Waals surface area contributed by atoms with Crippen molar-refractivity contribution in [2.45, 2.75) is 6.92 Å². The molecule has 0 bridgehead atoms. The Kier molecular flexibility index (Phi) is 3.68. The normalized spacial score (nSPS) is 12.4. The fourth-order valence-electron chi connectivity index (χ4n) is 1.25. The van der Waals surface area contributed by atoms with Gasteiger partial charge in [-0.2, -0.15) is 0 Å². The lowest BCUT2D eigenvalue weighted by Gasteiger charge is -2.11. The highest BCUT2D eigenvalue weighted by Crippen LogP contribution is 2.27. The summed E-state index contributed by atoms with van der Waals surface area (Å²) >= 11 is 0. The molecule has 0 spiro atoms. The number of hydrogen-bond donors (Lipinski definition) is 2. The molecule has 2 N–H and O–H groups in total. The number of aromatic hydroxyl groups is 1. The van der Waals surface area contributed by atoms with E-state index in [1.165, 1.54) is 6.07 Å². The largest absolute Gasteiger partial charge is 0.506 e. The lowest BCUT2D eigenvalue weighted by atomic mass is 10.2. The summed E-state index contributed by atoms with van der Waals surface area (Å²) < 4.78 is 46.9. The highest BCUT2D eigenvalue weighted by molar-refractivity contribution is 8.08. The number of phenolic OH excluding ortho intramolecular Hbond substituents is 1. The molecular weight excluding hydrogens is 266 g/mol. The van der Waals surface area contributed by atoms with Gasteiger partial charge in [0.15, 0.2) is 14.9 Å². The number of anilines is 1. The van der Waals surface area contributed by atoms with Crippen LogP contribution in [0.15, 0.2) is 18.2 Å². The van der Waals surface area contributed by atoms with E-state index in [0.29, 0.717) is 5.56 Å². The van der Waals surface area contributed by atoms with Crippen LogP contribution in [0.1, 0.15) is 5.56 Å². The number of para-hydroxylation sites is 1. The maximum Gasteiger partial charge on any atom is 0.247 e. The minimum Gasteiger partial charge on any atom is -0.506 e. The van der Waals surface area contributed by atoms with Gasteiger partial charge in [0.1, 0.15) is 5.75 Å². The van der Waals surface area contributed by atoms with Crippen molar-refractivity contribution in [1.82, 2.24) is 0 Å². The summed E-state index contributed by atoms with van der Waals surface area (Å²) in [5.41, 5.74) is 0.498. The number of sulfonamides is 1. The van der Waals surface area contributed by atoms with Crippen LogP contribution in [0.3, 0.4) is 0 Å². The Morgan fingerprint density at radius 1 is 1.24 bits per heavy atom. The molecular formula is C9H13NO5S2. The van der Waals surface area contributed by atoms with Gasteiger partial charge < -0.3 is 5.11 Å². The lowest BCUT2D eigenvalue weighted by molar-refractivity contribution is 0.477. The molecule has 1 aromatic rings. The van der Waals surface area contributed by atoms with Gasteiger partial charge in [-0.3, -0.25) is 4.72 Å². The first-order chi connectivity index (χ1) is 7.61. The number of benzene rings is 1. The van der Waals surface area contributed by atoms with E-state index in [9.17, 15) is 21.9 Å². The zero-order chi connectivity index (χ0) is 13.3. The number of sulfone groups is 1. The Morgan fingerprint density at radius 2 is 1.82 bits per heavy atom. The van der Waals surface area contributed by atoms with Gasteiger partial charge in [0, 0.05) is 6.26 Å². The molecule has 0 fully saturated rings. The third-order valence-corrected chi connectivity index (χ3v) is 5.35. The number of phenols is 1. The predicted octanol–water partition coefficient (Wildman–Crippen LogP) is 0.444. The van der Waals surface area contributed by atoms with Crippen molar-refractivity contribution in [2.75, 3.05) is 16.1 Å². The van der Waals surface area contributed by atoms with E-state index in [2.05, 4.69) is 4.72 Å². The molecule has 96 valence electrons. The zero-order valence-electron chi connectivity index (χ0n) is 9.34. The van der Waals surface area contributed by atoms with Gasteiger partial charge in [0.25, 0.3) is 0 Å². The molecule has 0 saturated carbocycles. The summed E-state index contributed by atoms with van der Waals surface area (Å²) in [5, 5.41) is 8.46. The zero-order valence-corrected chi connectivity index (χ0v) is 11.0. The van der Waals surface area contributed by atoms with Gasteiger partial charge in [-0.15, -0.1) is 0 Å². The number of rotatable bonds is 4. The van der Waals surface area contributed by atoms with Gasteiger partial charge in [0.2, 0.25) is 10.0 Å². The molecule has 6 nitrogen and oxygen atoms in total. The van der Waals surface area contributed by atoms with Crippen molar-refractivity contribution in [3.63, 3.8) is 0 Å². The van der Waals surface area contributed by atoms with E-state index in [1.807, 2.05) is 0 Å². The fourth-order valence-corrected chi connectivity index (χ4v) is 4.32. The average Bonchev–Trinajstić information content (AvgIpc) is 2.07. The monoisotopic (exact) mass is 279 g/mol. The number of aryl methyl sites for hydroxylation is 1. The summed E-state index contributed by atoms with van der Waals surface area (Å²) in [4.78, 5) is 0. The van der Waals surface area contributed by atoms with Crippen molar-refractivity contribution < 1.29 is 21.9 Å². The molecule has 1 rings (SSSR count). The molecule has 0 aliphatic rings. The van der Waals surface area contributed by atoms with Gasteiger partial charge in [0.05, 0.1) is 5.69 Å². The Hall–Kier alpha value is -1.28. The second-order valence-corrected chi connectivity index (χ2v) is 7.96. The van der Waals surface area contributed by atoms with E-state index in [1.54, 1.807) is 19.1 Å². The molecule has 8 heteroatoms. The van der Waals surface area contributed by atoms with Crippen molar-refractivity contribution in [3.05, 3.63) is 23.8 Å². The Balaban J connectivity index is 3.07. The third kappa shape index (κ3) is 4.23. The molecule has 0 aliphatic carbocycles. The molecule has 0 aromatic heterocycles. The number of nitrogens with one attached hydrogen (secondary N) is 1. The van der Waals surface area contributed by atoms with Crippen molar-refractivity contribution in [2.24, 2.45) is 0 Å². The van der Waals surface area contributed by atoms with Crippen LogP contribution in [0.2, 0.25) is 0 Å². The van der Waals surface area contributed by atoms with Crippen molar-refractivity contribution >= 4 is 25.5 Å². The topological polar surface area (TPSA) is 101 Å². The van der Waals surface area contributed by atoms with Gasteiger partial charge in [-0.05, 0) is 18.6 Å². The maximum atomic E-state index is 11.5. The van der Waals surface area contributed by atoms with E-state index >= 15 is 0 Å². The second kappa shape index (κ2) is 4.53. The van der Waals surface area contributed by atoms with Gasteiger partial charge in [-0.25, -0.2) is 16.8 Å². The van der Waals surface area contributed by atoms with Crippen LogP contribution in [0, 0.1) is 6.92 Å². The first kappa shape index (κ1) is 13.8. The van der Waals surface area contributed by atoms with Crippen molar-refractivity contribution in [1.29, 1.82) is 0 Å². The average molecular weight is 279 g/mol. The second-order valence-electron chi connectivity index (χ2n) is 3.73. The van der Waals surface area contributed by atoms with Crippen LogP contribution in [-0.2, 0) is 19.9 Å². The lowest BCUT2D eigenvalue weighted by Crippen LogP contribution is -2.22. The molecule has 0 heterocycles. The molecule has 0 aliphatic heterocycles. The summed E-state index contributed by atoms with van der Waals surface area (Å²) in [7, 11) is -7.70. The third-order valence-electron chi connectivity index (χ3n) is 1.88. The van der Waals surface area contributed by atoms with E-state index in [4.69, 9.17) is 0 Å². The summed E-state index contributed by atoms with van der Waals surface area (Å²) in [6.45, 7) is 1.60. The van der Waals surface area contributed by atoms with Crippen LogP contribution in [0.25, 0.3) is 0 Å². The first-order valence-corrected chi connectivity index (χ1v) is 8.29. The summed E-state index contributed by atoms with van der Waals surface area (Å²) in [6.07, 6.45) is 0.823. The highest BCUT2D eigenvalue weighted by atomic mass is 32.3. The first-order valence-electron chi connectivity index (χ1n) is 4.57. The van der Waals surface area contributed by atoms with Crippen LogP contribution >= 0.6 is 0 Å².